The van der Waals surface area contributed by atoms with Gasteiger partial charge in [0.05, 0.1) is 12.2 Å². The minimum atomic E-state index is -0.988. The molecule has 0 aliphatic heterocycles. The largest absolute Gasteiger partial charge is 0.390 e. The fraction of sp³-hybridized carbons (Fsp3) is 1.00. The van der Waals surface area contributed by atoms with E-state index in [0.29, 0.717) is 12.8 Å². The van der Waals surface area contributed by atoms with Crippen molar-refractivity contribution in [3.63, 3.8) is 0 Å². The number of hydrogen-bond acceptors (Lipinski definition) is 3. The van der Waals surface area contributed by atoms with Gasteiger partial charge in [-0.15, -0.1) is 0 Å². The van der Waals surface area contributed by atoms with Crippen molar-refractivity contribution in [3.05, 3.63) is 0 Å². The van der Waals surface area contributed by atoms with E-state index in [1.54, 1.807) is 0 Å². The Morgan fingerprint density at radius 2 is 0.429 bits per heavy atom. The van der Waals surface area contributed by atoms with Gasteiger partial charge in [0.15, 0.2) is 0 Å². The lowest BCUT2D eigenvalue weighted by atomic mass is 9.97. The number of hydrogen-bond donors (Lipinski definition) is 3. The number of rotatable bonds is 36. The molecule has 0 radical (unpaired) electrons. The van der Waals surface area contributed by atoms with E-state index in [0.717, 1.165) is 25.7 Å². The summed E-state index contributed by atoms with van der Waals surface area (Å²) in [7, 11) is 0. The molecule has 0 fully saturated rings. The lowest BCUT2D eigenvalue weighted by molar-refractivity contribution is -0.0653. The smallest absolute Gasteiger partial charge is 0.106 e. The first-order chi connectivity index (χ1) is 20.6. The van der Waals surface area contributed by atoms with Gasteiger partial charge in [-0.3, -0.25) is 0 Å². The van der Waals surface area contributed by atoms with Gasteiger partial charge in [0, 0.05) is 0 Å². The molecule has 0 saturated carbocycles. The van der Waals surface area contributed by atoms with Gasteiger partial charge in [0.1, 0.15) is 6.10 Å². The van der Waals surface area contributed by atoms with Crippen molar-refractivity contribution in [2.24, 2.45) is 0 Å². The van der Waals surface area contributed by atoms with Crippen LogP contribution in [-0.2, 0) is 0 Å². The van der Waals surface area contributed by atoms with Gasteiger partial charge in [0.25, 0.3) is 0 Å². The quantitative estimate of drug-likeness (QED) is 0.0630. The van der Waals surface area contributed by atoms with Gasteiger partial charge in [-0.2, -0.15) is 0 Å². The van der Waals surface area contributed by atoms with E-state index in [4.69, 9.17) is 0 Å². The average molecular weight is 597 g/mol. The van der Waals surface area contributed by atoms with Gasteiger partial charge in [0.2, 0.25) is 0 Å². The van der Waals surface area contributed by atoms with Gasteiger partial charge in [-0.25, -0.2) is 0 Å². The van der Waals surface area contributed by atoms with Crippen LogP contribution in [0.2, 0.25) is 0 Å². The molecule has 0 aliphatic carbocycles. The van der Waals surface area contributed by atoms with Crippen LogP contribution < -0.4 is 0 Å². The van der Waals surface area contributed by atoms with Gasteiger partial charge in [-0.1, -0.05) is 219 Å². The van der Waals surface area contributed by atoms with Gasteiger partial charge < -0.3 is 15.3 Å². The van der Waals surface area contributed by atoms with Crippen molar-refractivity contribution in [2.45, 2.75) is 250 Å². The zero-order valence-corrected chi connectivity index (χ0v) is 29.1. The molecular formula is C39H80O3. The third-order valence-corrected chi connectivity index (χ3v) is 9.50. The van der Waals surface area contributed by atoms with Crippen LogP contribution in [0.25, 0.3) is 0 Å². The summed E-state index contributed by atoms with van der Waals surface area (Å²) in [5, 5.41) is 31.0. The minimum absolute atomic E-state index is 0.607. The molecule has 254 valence electrons. The molecule has 0 amide bonds. The molecule has 2 atom stereocenters. The average Bonchev–Trinajstić information content (AvgIpc) is 3.00. The maximum atomic E-state index is 10.3. The Labute approximate surface area is 265 Å². The molecule has 0 spiro atoms. The van der Waals surface area contributed by atoms with Crippen LogP contribution >= 0.6 is 0 Å². The van der Waals surface area contributed by atoms with Crippen molar-refractivity contribution < 1.29 is 15.3 Å². The molecule has 0 aromatic heterocycles. The standard InChI is InChI=1S/C39H80O3/c1-3-5-7-9-11-13-15-17-19-21-23-25-27-29-31-33-35-37(40)39(42)38(41)36-34-32-30-28-26-24-22-20-18-16-14-12-10-8-6-4-2/h37-42H,3-36H2,1-2H3. The summed E-state index contributed by atoms with van der Waals surface area (Å²) in [6.07, 6.45) is 41.4. The molecule has 0 saturated heterocycles. The number of aliphatic hydroxyl groups is 3. The predicted molar refractivity (Wildman–Crippen MR) is 186 cm³/mol. The minimum Gasteiger partial charge on any atom is -0.390 e. The van der Waals surface area contributed by atoms with Crippen molar-refractivity contribution in [1.29, 1.82) is 0 Å². The number of unbranched alkanes of at least 4 members (excludes halogenated alkanes) is 30. The lowest BCUT2D eigenvalue weighted by Gasteiger charge is -2.23. The summed E-state index contributed by atoms with van der Waals surface area (Å²) in [6, 6.07) is 0. The molecule has 0 rings (SSSR count). The summed E-state index contributed by atoms with van der Waals surface area (Å²) in [5.41, 5.74) is 0. The van der Waals surface area contributed by atoms with Crippen LogP contribution in [0, 0.1) is 0 Å². The van der Waals surface area contributed by atoms with Crippen LogP contribution in [0.5, 0.6) is 0 Å². The van der Waals surface area contributed by atoms with Crippen LogP contribution in [-0.4, -0.2) is 33.6 Å². The van der Waals surface area contributed by atoms with Crippen molar-refractivity contribution in [3.8, 4) is 0 Å². The Morgan fingerprint density at radius 3 is 0.619 bits per heavy atom. The predicted octanol–water partition coefficient (Wildman–Crippen LogP) is 12.4. The Hall–Kier alpha value is -0.120. The van der Waals surface area contributed by atoms with E-state index >= 15 is 0 Å². The first-order valence-corrected chi connectivity index (χ1v) is 19.7. The zero-order valence-electron chi connectivity index (χ0n) is 29.1. The van der Waals surface area contributed by atoms with E-state index in [9.17, 15) is 15.3 Å². The SMILES string of the molecule is CCCCCCCCCCCCCCCCCCC(O)C(O)C(O)CCCCCCCCCCCCCCCCCC. The maximum Gasteiger partial charge on any atom is 0.106 e. The molecule has 42 heavy (non-hydrogen) atoms. The van der Waals surface area contributed by atoms with E-state index in [2.05, 4.69) is 13.8 Å². The Balaban J connectivity index is 3.38. The molecule has 0 aromatic rings. The highest BCUT2D eigenvalue weighted by Crippen LogP contribution is 2.18. The Kier molecular flexibility index (Phi) is 35.3. The van der Waals surface area contributed by atoms with Crippen LogP contribution in [0.1, 0.15) is 232 Å². The topological polar surface area (TPSA) is 60.7 Å². The molecule has 0 aliphatic rings. The van der Waals surface area contributed by atoms with Crippen LogP contribution in [0.15, 0.2) is 0 Å². The number of aliphatic hydroxyl groups excluding tert-OH is 3. The third-order valence-electron chi connectivity index (χ3n) is 9.50. The first-order valence-electron chi connectivity index (χ1n) is 19.7. The first kappa shape index (κ1) is 41.9. The second kappa shape index (κ2) is 35.4. The van der Waals surface area contributed by atoms with E-state index in [1.165, 1.54) is 180 Å². The summed E-state index contributed by atoms with van der Waals surface area (Å²) >= 11 is 0. The molecule has 3 N–H and O–H groups in total. The molecule has 3 nitrogen and oxygen atoms in total. The van der Waals surface area contributed by atoms with E-state index < -0.39 is 18.3 Å². The molecule has 0 aromatic carbocycles. The third kappa shape index (κ3) is 31.3. The summed E-state index contributed by atoms with van der Waals surface area (Å²) in [6.45, 7) is 4.57. The fourth-order valence-electron chi connectivity index (χ4n) is 6.40. The van der Waals surface area contributed by atoms with Crippen molar-refractivity contribution in [2.75, 3.05) is 0 Å². The second-order valence-corrected chi connectivity index (χ2v) is 13.8. The van der Waals surface area contributed by atoms with Crippen molar-refractivity contribution >= 4 is 0 Å². The second-order valence-electron chi connectivity index (χ2n) is 13.8. The fourth-order valence-corrected chi connectivity index (χ4v) is 6.40. The van der Waals surface area contributed by atoms with E-state index in [1.807, 2.05) is 0 Å². The van der Waals surface area contributed by atoms with E-state index in [-0.39, 0.29) is 0 Å². The maximum absolute atomic E-state index is 10.3. The summed E-state index contributed by atoms with van der Waals surface area (Å²) < 4.78 is 0. The Bertz CT molecular complexity index is 440. The van der Waals surface area contributed by atoms with Crippen molar-refractivity contribution in [1.82, 2.24) is 0 Å². The molecule has 0 heterocycles. The van der Waals surface area contributed by atoms with Crippen LogP contribution in [0.3, 0.4) is 0 Å². The summed E-state index contributed by atoms with van der Waals surface area (Å²) in [4.78, 5) is 0. The molecule has 0 bridgehead atoms. The highest BCUT2D eigenvalue weighted by Gasteiger charge is 2.23. The molecule has 2 unspecified atom stereocenters. The normalized spacial score (nSPS) is 13.9. The summed E-state index contributed by atoms with van der Waals surface area (Å²) in [5.74, 6) is 0. The lowest BCUT2D eigenvalue weighted by Crippen LogP contribution is -2.37. The highest BCUT2D eigenvalue weighted by atomic mass is 16.4. The highest BCUT2D eigenvalue weighted by molar-refractivity contribution is 4.75. The molecule has 3 heteroatoms. The molecular weight excluding hydrogens is 516 g/mol. The Morgan fingerprint density at radius 1 is 0.262 bits per heavy atom. The van der Waals surface area contributed by atoms with Gasteiger partial charge >= 0.3 is 0 Å². The monoisotopic (exact) mass is 597 g/mol. The van der Waals surface area contributed by atoms with Crippen LogP contribution in [0.4, 0.5) is 0 Å². The zero-order chi connectivity index (χ0) is 30.8. The van der Waals surface area contributed by atoms with Gasteiger partial charge in [-0.05, 0) is 12.8 Å².